The number of alkyl halides is 3. The Bertz CT molecular complexity index is 455. The van der Waals surface area contributed by atoms with Crippen molar-refractivity contribution in [2.24, 2.45) is 0 Å². The van der Waals surface area contributed by atoms with Gasteiger partial charge in [-0.25, -0.2) is 8.78 Å². The van der Waals surface area contributed by atoms with Gasteiger partial charge in [0.25, 0.3) is 6.43 Å². The highest BCUT2D eigenvalue weighted by Crippen LogP contribution is 2.31. The van der Waals surface area contributed by atoms with E-state index in [1.807, 2.05) is 0 Å². The predicted octanol–water partition coefficient (Wildman–Crippen LogP) is 2.87. The van der Waals surface area contributed by atoms with Crippen LogP contribution >= 0.6 is 11.6 Å². The third kappa shape index (κ3) is 3.76. The first-order valence-corrected chi connectivity index (χ1v) is 6.12. The van der Waals surface area contributed by atoms with Crippen LogP contribution in [0.2, 0.25) is 0 Å². The lowest BCUT2D eigenvalue weighted by molar-refractivity contribution is -0.142. The predicted molar refractivity (Wildman–Crippen MR) is 65.6 cm³/mol. The molecule has 0 aliphatic carbocycles. The van der Waals surface area contributed by atoms with Crippen LogP contribution in [0, 0.1) is 0 Å². The summed E-state index contributed by atoms with van der Waals surface area (Å²) in [6.45, 7) is 1.81. The average Bonchev–Trinajstić information content (AvgIpc) is 2.37. The van der Waals surface area contributed by atoms with Gasteiger partial charge in [0, 0.05) is 5.56 Å². The molecule has 0 radical (unpaired) electrons. The number of nitrogens with zero attached hydrogens (tertiary/aromatic N) is 1. The molecule has 0 atom stereocenters. The van der Waals surface area contributed by atoms with Crippen LogP contribution in [0.1, 0.15) is 30.2 Å². The first-order valence-electron chi connectivity index (χ1n) is 5.59. The van der Waals surface area contributed by atoms with Crippen LogP contribution in [-0.4, -0.2) is 24.7 Å². The summed E-state index contributed by atoms with van der Waals surface area (Å²) in [4.78, 5) is 15.1. The SMILES string of the molecule is CCOC(=O)Cc1c(C(F)F)ncc(OC)c1CCl. The molecule has 1 aromatic rings. The number of hydrogen-bond acceptors (Lipinski definition) is 4. The number of methoxy groups -OCH3 is 1. The molecule has 1 rings (SSSR count). The lowest BCUT2D eigenvalue weighted by Crippen LogP contribution is -2.13. The number of halogens is 3. The van der Waals surface area contributed by atoms with Gasteiger partial charge in [-0.1, -0.05) is 0 Å². The second kappa shape index (κ2) is 7.23. The van der Waals surface area contributed by atoms with Crippen LogP contribution in [0.25, 0.3) is 0 Å². The molecule has 0 aliphatic rings. The van der Waals surface area contributed by atoms with Crippen molar-refractivity contribution in [1.82, 2.24) is 4.98 Å². The molecule has 0 saturated heterocycles. The standard InChI is InChI=1S/C12H14ClF2NO3/c1-3-19-10(17)4-7-8(5-13)9(18-2)6-16-11(7)12(14)15/h6,12H,3-5H2,1-2H3. The number of carbonyl (C=O) groups excluding carboxylic acids is 1. The lowest BCUT2D eigenvalue weighted by atomic mass is 10.0. The fourth-order valence-electron chi connectivity index (χ4n) is 1.65. The topological polar surface area (TPSA) is 48.4 Å². The highest BCUT2D eigenvalue weighted by molar-refractivity contribution is 6.17. The van der Waals surface area contributed by atoms with Gasteiger partial charge in [0.05, 0.1) is 32.2 Å². The molecular weight excluding hydrogens is 280 g/mol. The van der Waals surface area contributed by atoms with Crippen LogP contribution < -0.4 is 4.74 Å². The minimum Gasteiger partial charge on any atom is -0.495 e. The van der Waals surface area contributed by atoms with Crippen molar-refractivity contribution >= 4 is 17.6 Å². The Morgan fingerprint density at radius 2 is 2.16 bits per heavy atom. The minimum atomic E-state index is -2.79. The second-order valence-corrected chi connectivity index (χ2v) is 3.85. The van der Waals surface area contributed by atoms with E-state index in [1.165, 1.54) is 13.3 Å². The van der Waals surface area contributed by atoms with Gasteiger partial charge in [-0.05, 0) is 12.5 Å². The van der Waals surface area contributed by atoms with Gasteiger partial charge in [-0.15, -0.1) is 11.6 Å². The van der Waals surface area contributed by atoms with Crippen molar-refractivity contribution in [3.63, 3.8) is 0 Å². The highest BCUT2D eigenvalue weighted by Gasteiger charge is 2.23. The summed E-state index contributed by atoms with van der Waals surface area (Å²) in [5.41, 5.74) is -0.0603. The van der Waals surface area contributed by atoms with E-state index in [1.54, 1.807) is 6.92 Å². The molecular formula is C12H14ClF2NO3. The average molecular weight is 294 g/mol. The quantitative estimate of drug-likeness (QED) is 0.598. The second-order valence-electron chi connectivity index (χ2n) is 3.59. The number of ether oxygens (including phenoxy) is 2. The Morgan fingerprint density at radius 3 is 2.63 bits per heavy atom. The molecule has 0 amide bonds. The Balaban J connectivity index is 3.25. The van der Waals surface area contributed by atoms with Gasteiger partial charge in [-0.2, -0.15) is 0 Å². The van der Waals surface area contributed by atoms with Crippen LogP contribution in [0.5, 0.6) is 5.75 Å². The molecule has 0 aliphatic heterocycles. The summed E-state index contributed by atoms with van der Waals surface area (Å²) >= 11 is 5.75. The maximum absolute atomic E-state index is 12.9. The molecule has 0 unspecified atom stereocenters. The van der Waals surface area contributed by atoms with Gasteiger partial charge in [0.2, 0.25) is 0 Å². The first kappa shape index (κ1) is 15.6. The normalized spacial score (nSPS) is 10.6. The summed E-state index contributed by atoms with van der Waals surface area (Å²) in [5, 5.41) is 0. The van der Waals surface area contributed by atoms with E-state index < -0.39 is 18.1 Å². The molecule has 0 spiro atoms. The summed E-state index contributed by atoms with van der Waals surface area (Å²) in [7, 11) is 1.38. The molecule has 4 nitrogen and oxygen atoms in total. The van der Waals surface area contributed by atoms with Crippen molar-refractivity contribution in [2.75, 3.05) is 13.7 Å². The lowest BCUT2D eigenvalue weighted by Gasteiger charge is -2.15. The van der Waals surface area contributed by atoms with E-state index in [-0.39, 0.29) is 30.2 Å². The van der Waals surface area contributed by atoms with Gasteiger partial charge >= 0.3 is 5.97 Å². The van der Waals surface area contributed by atoms with E-state index in [0.29, 0.717) is 5.56 Å². The molecule has 0 aromatic carbocycles. The molecule has 0 fully saturated rings. The third-order valence-corrected chi connectivity index (χ3v) is 2.75. The van der Waals surface area contributed by atoms with Crippen LogP contribution in [0.4, 0.5) is 8.78 Å². The van der Waals surface area contributed by atoms with Crippen molar-refractivity contribution in [2.45, 2.75) is 25.7 Å². The number of pyridine rings is 1. The van der Waals surface area contributed by atoms with Gasteiger partial charge in [0.15, 0.2) is 0 Å². The van der Waals surface area contributed by atoms with E-state index in [4.69, 9.17) is 21.1 Å². The largest absolute Gasteiger partial charge is 0.495 e. The summed E-state index contributed by atoms with van der Waals surface area (Å²) in [6, 6.07) is 0. The summed E-state index contributed by atoms with van der Waals surface area (Å²) < 4.78 is 35.6. The Kier molecular flexibility index (Phi) is 5.95. The number of esters is 1. The van der Waals surface area contributed by atoms with Crippen molar-refractivity contribution in [1.29, 1.82) is 0 Å². The van der Waals surface area contributed by atoms with E-state index >= 15 is 0 Å². The summed E-state index contributed by atoms with van der Waals surface area (Å²) in [6.07, 6.45) is -1.93. The molecule has 0 N–H and O–H groups in total. The smallest absolute Gasteiger partial charge is 0.310 e. The fraction of sp³-hybridized carbons (Fsp3) is 0.500. The Hall–Kier alpha value is -1.43. The fourth-order valence-corrected chi connectivity index (χ4v) is 1.94. The number of rotatable bonds is 6. The van der Waals surface area contributed by atoms with E-state index in [2.05, 4.69) is 4.98 Å². The zero-order valence-corrected chi connectivity index (χ0v) is 11.3. The van der Waals surface area contributed by atoms with Gasteiger partial charge in [-0.3, -0.25) is 9.78 Å². The van der Waals surface area contributed by atoms with Crippen molar-refractivity contribution in [3.05, 3.63) is 23.0 Å². The Morgan fingerprint density at radius 1 is 1.47 bits per heavy atom. The van der Waals surface area contributed by atoms with Crippen LogP contribution in [0.3, 0.4) is 0 Å². The molecule has 0 saturated carbocycles. The molecule has 1 heterocycles. The van der Waals surface area contributed by atoms with Crippen LogP contribution in [0.15, 0.2) is 6.20 Å². The maximum atomic E-state index is 12.9. The van der Waals surface area contributed by atoms with Crippen molar-refractivity contribution < 1.29 is 23.0 Å². The van der Waals surface area contributed by atoms with Crippen molar-refractivity contribution in [3.8, 4) is 5.75 Å². The Labute approximate surface area is 114 Å². The molecule has 106 valence electrons. The van der Waals surface area contributed by atoms with E-state index in [0.717, 1.165) is 0 Å². The van der Waals surface area contributed by atoms with E-state index in [9.17, 15) is 13.6 Å². The number of hydrogen-bond donors (Lipinski definition) is 0. The monoisotopic (exact) mass is 293 g/mol. The van der Waals surface area contributed by atoms with Gasteiger partial charge in [0.1, 0.15) is 11.4 Å². The molecule has 0 bridgehead atoms. The molecule has 7 heteroatoms. The zero-order chi connectivity index (χ0) is 14.4. The molecule has 1 aromatic heterocycles. The van der Waals surface area contributed by atoms with Crippen LogP contribution in [-0.2, 0) is 21.8 Å². The minimum absolute atomic E-state index is 0.0554. The maximum Gasteiger partial charge on any atom is 0.310 e. The third-order valence-electron chi connectivity index (χ3n) is 2.48. The van der Waals surface area contributed by atoms with Gasteiger partial charge < -0.3 is 9.47 Å². The number of aromatic nitrogens is 1. The molecule has 19 heavy (non-hydrogen) atoms. The first-order chi connectivity index (χ1) is 9.04. The summed E-state index contributed by atoms with van der Waals surface area (Å²) in [5.74, 6) is -0.385. The zero-order valence-electron chi connectivity index (χ0n) is 10.6. The highest BCUT2D eigenvalue weighted by atomic mass is 35.5. The number of carbonyl (C=O) groups is 1.